The summed E-state index contributed by atoms with van der Waals surface area (Å²) < 4.78 is 5.17. The van der Waals surface area contributed by atoms with E-state index in [-0.39, 0.29) is 6.01 Å². The summed E-state index contributed by atoms with van der Waals surface area (Å²) in [4.78, 5) is 15.1. The number of ether oxygens (including phenoxy) is 1. The highest BCUT2D eigenvalue weighted by Crippen LogP contribution is 2.19. The summed E-state index contributed by atoms with van der Waals surface area (Å²) in [5.41, 5.74) is 3.63. The maximum absolute atomic E-state index is 6.09. The van der Waals surface area contributed by atoms with E-state index in [9.17, 15) is 0 Å². The molecule has 1 saturated heterocycles. The zero-order valence-electron chi connectivity index (χ0n) is 13.4. The Hall–Kier alpha value is -2.41. The van der Waals surface area contributed by atoms with Gasteiger partial charge in [0, 0.05) is 23.7 Å². The van der Waals surface area contributed by atoms with E-state index in [1.165, 1.54) is 13.5 Å². The standard InChI is InChI=1S/C16H19ClN6O/c1-24-16-20-14(19-15(21-16)23-9-5-2-6-10-23)22-18-11-12-7-3-4-8-13(12)17/h3-4,7-8,11H,2,5-6,9-10H2,1H3,(H,19,20,21,22)/b18-11+. The van der Waals surface area contributed by atoms with Crippen molar-refractivity contribution in [2.45, 2.75) is 19.3 Å². The molecule has 126 valence electrons. The number of anilines is 2. The van der Waals surface area contributed by atoms with Crippen LogP contribution in [0.5, 0.6) is 6.01 Å². The first-order valence-corrected chi connectivity index (χ1v) is 8.22. The van der Waals surface area contributed by atoms with E-state index in [2.05, 4.69) is 30.4 Å². The third kappa shape index (κ3) is 4.11. The third-order valence-electron chi connectivity index (χ3n) is 3.70. The van der Waals surface area contributed by atoms with Crippen LogP contribution in [0.4, 0.5) is 11.9 Å². The maximum Gasteiger partial charge on any atom is 0.322 e. The van der Waals surface area contributed by atoms with E-state index in [4.69, 9.17) is 16.3 Å². The summed E-state index contributed by atoms with van der Waals surface area (Å²) in [7, 11) is 1.53. The fourth-order valence-electron chi connectivity index (χ4n) is 2.46. The number of piperidine rings is 1. The second-order valence-corrected chi connectivity index (χ2v) is 5.79. The molecule has 0 saturated carbocycles. The van der Waals surface area contributed by atoms with Crippen LogP contribution >= 0.6 is 11.6 Å². The van der Waals surface area contributed by atoms with Crippen LogP contribution in [0.3, 0.4) is 0 Å². The van der Waals surface area contributed by atoms with Crippen molar-refractivity contribution in [3.05, 3.63) is 34.9 Å². The molecule has 1 N–H and O–H groups in total. The first kappa shape index (κ1) is 16.4. The second kappa shape index (κ2) is 7.92. The van der Waals surface area contributed by atoms with Gasteiger partial charge in [-0.1, -0.05) is 29.8 Å². The number of hydrazone groups is 1. The van der Waals surface area contributed by atoms with Crippen LogP contribution in [0.25, 0.3) is 0 Å². The highest BCUT2D eigenvalue weighted by molar-refractivity contribution is 6.33. The monoisotopic (exact) mass is 346 g/mol. The van der Waals surface area contributed by atoms with Crippen molar-refractivity contribution in [3.63, 3.8) is 0 Å². The minimum atomic E-state index is 0.265. The highest BCUT2D eigenvalue weighted by atomic mass is 35.5. The van der Waals surface area contributed by atoms with Crippen molar-refractivity contribution in [1.29, 1.82) is 0 Å². The molecule has 2 aromatic rings. The molecule has 0 amide bonds. The molecule has 1 aromatic heterocycles. The van der Waals surface area contributed by atoms with Gasteiger partial charge in [-0.05, 0) is 25.3 Å². The molecule has 1 aliphatic rings. The summed E-state index contributed by atoms with van der Waals surface area (Å²) in [5.74, 6) is 0.947. The van der Waals surface area contributed by atoms with Gasteiger partial charge in [-0.15, -0.1) is 0 Å². The van der Waals surface area contributed by atoms with Crippen molar-refractivity contribution in [2.24, 2.45) is 5.10 Å². The molecule has 3 rings (SSSR count). The lowest BCUT2D eigenvalue weighted by atomic mass is 10.1. The van der Waals surface area contributed by atoms with E-state index in [1.807, 2.05) is 24.3 Å². The zero-order valence-corrected chi connectivity index (χ0v) is 14.2. The minimum Gasteiger partial charge on any atom is -0.467 e. The van der Waals surface area contributed by atoms with Gasteiger partial charge in [-0.3, -0.25) is 0 Å². The third-order valence-corrected chi connectivity index (χ3v) is 4.04. The van der Waals surface area contributed by atoms with Gasteiger partial charge in [-0.2, -0.15) is 20.1 Å². The smallest absolute Gasteiger partial charge is 0.322 e. The van der Waals surface area contributed by atoms with Gasteiger partial charge in [0.15, 0.2) is 0 Å². The molecule has 1 aromatic carbocycles. The van der Waals surface area contributed by atoms with E-state index in [0.29, 0.717) is 16.9 Å². The van der Waals surface area contributed by atoms with E-state index in [0.717, 1.165) is 31.5 Å². The van der Waals surface area contributed by atoms with Gasteiger partial charge >= 0.3 is 6.01 Å². The van der Waals surface area contributed by atoms with Gasteiger partial charge in [0.2, 0.25) is 5.95 Å². The number of halogens is 1. The number of benzene rings is 1. The lowest BCUT2D eigenvalue weighted by molar-refractivity contribution is 0.378. The van der Waals surface area contributed by atoms with Crippen LogP contribution in [-0.4, -0.2) is 41.4 Å². The molecule has 2 heterocycles. The number of aromatic nitrogens is 3. The number of hydrogen-bond donors (Lipinski definition) is 1. The molecular weight excluding hydrogens is 328 g/mol. The Labute approximate surface area is 145 Å². The first-order valence-electron chi connectivity index (χ1n) is 7.85. The molecule has 0 atom stereocenters. The molecular formula is C16H19ClN6O. The van der Waals surface area contributed by atoms with Gasteiger partial charge in [0.1, 0.15) is 0 Å². The van der Waals surface area contributed by atoms with Crippen LogP contribution in [0, 0.1) is 0 Å². The predicted octanol–water partition coefficient (Wildman–Crippen LogP) is 2.97. The van der Waals surface area contributed by atoms with Crippen molar-refractivity contribution >= 4 is 29.7 Å². The topological polar surface area (TPSA) is 75.5 Å². The maximum atomic E-state index is 6.09. The van der Waals surface area contributed by atoms with E-state index in [1.54, 1.807) is 6.21 Å². The molecule has 1 aliphatic heterocycles. The van der Waals surface area contributed by atoms with Crippen molar-refractivity contribution in [2.75, 3.05) is 30.5 Å². The molecule has 1 fully saturated rings. The largest absolute Gasteiger partial charge is 0.467 e. The average Bonchev–Trinajstić information content (AvgIpc) is 2.64. The fraction of sp³-hybridized carbons (Fsp3) is 0.375. The van der Waals surface area contributed by atoms with Crippen LogP contribution in [0.2, 0.25) is 5.02 Å². The number of nitrogens with zero attached hydrogens (tertiary/aromatic N) is 5. The summed E-state index contributed by atoms with van der Waals surface area (Å²) in [6, 6.07) is 7.72. The van der Waals surface area contributed by atoms with Gasteiger partial charge in [0.25, 0.3) is 5.95 Å². The number of methoxy groups -OCH3 is 1. The Kier molecular flexibility index (Phi) is 5.43. The van der Waals surface area contributed by atoms with Crippen LogP contribution < -0.4 is 15.1 Å². The molecule has 0 bridgehead atoms. The van der Waals surface area contributed by atoms with E-state index >= 15 is 0 Å². The summed E-state index contributed by atoms with van der Waals surface area (Å²) in [5, 5.41) is 4.78. The highest BCUT2D eigenvalue weighted by Gasteiger charge is 2.16. The molecule has 0 spiro atoms. The number of hydrogen-bond acceptors (Lipinski definition) is 7. The van der Waals surface area contributed by atoms with Gasteiger partial charge in [0.05, 0.1) is 13.3 Å². The summed E-state index contributed by atoms with van der Waals surface area (Å²) in [6.45, 7) is 1.88. The Morgan fingerprint density at radius 1 is 1.17 bits per heavy atom. The molecule has 8 heteroatoms. The van der Waals surface area contributed by atoms with Gasteiger partial charge in [-0.25, -0.2) is 5.43 Å². The number of nitrogens with one attached hydrogen (secondary N) is 1. The predicted molar refractivity (Wildman–Crippen MR) is 95.1 cm³/mol. The SMILES string of the molecule is COc1nc(N/N=C/c2ccccc2Cl)nc(N2CCCCC2)n1. The summed E-state index contributed by atoms with van der Waals surface area (Å²) in [6.07, 6.45) is 5.15. The second-order valence-electron chi connectivity index (χ2n) is 5.38. The minimum absolute atomic E-state index is 0.265. The zero-order chi connectivity index (χ0) is 16.8. The molecule has 0 radical (unpaired) electrons. The lowest BCUT2D eigenvalue weighted by Crippen LogP contribution is -2.31. The fourth-order valence-corrected chi connectivity index (χ4v) is 2.65. The Morgan fingerprint density at radius 3 is 2.71 bits per heavy atom. The molecule has 0 unspecified atom stereocenters. The summed E-state index contributed by atoms with van der Waals surface area (Å²) >= 11 is 6.09. The Bertz CT molecular complexity index is 717. The van der Waals surface area contributed by atoms with Crippen LogP contribution in [-0.2, 0) is 0 Å². The van der Waals surface area contributed by atoms with Crippen molar-refractivity contribution < 1.29 is 4.74 Å². The average molecular weight is 347 g/mol. The Morgan fingerprint density at radius 2 is 1.96 bits per heavy atom. The lowest BCUT2D eigenvalue weighted by Gasteiger charge is -2.26. The molecule has 7 nitrogen and oxygen atoms in total. The normalized spacial score (nSPS) is 14.8. The molecule has 0 aliphatic carbocycles. The molecule has 24 heavy (non-hydrogen) atoms. The Balaban J connectivity index is 1.76. The quantitative estimate of drug-likeness (QED) is 0.662. The van der Waals surface area contributed by atoms with Gasteiger partial charge < -0.3 is 9.64 Å². The van der Waals surface area contributed by atoms with Crippen LogP contribution in [0.1, 0.15) is 24.8 Å². The van der Waals surface area contributed by atoms with Crippen molar-refractivity contribution in [1.82, 2.24) is 15.0 Å². The van der Waals surface area contributed by atoms with E-state index < -0.39 is 0 Å². The van der Waals surface area contributed by atoms with Crippen molar-refractivity contribution in [3.8, 4) is 6.01 Å². The van der Waals surface area contributed by atoms with Crippen LogP contribution in [0.15, 0.2) is 29.4 Å². The number of rotatable bonds is 5. The first-order chi connectivity index (χ1) is 11.8.